The smallest absolute Gasteiger partial charge is 0.329 e. The minimum atomic E-state index is -1.11. The fraction of sp³-hybridized carbons (Fsp3) is 0.300. The zero-order valence-electron chi connectivity index (χ0n) is 9.72. The molecule has 0 saturated heterocycles. The summed E-state index contributed by atoms with van der Waals surface area (Å²) in [6.45, 7) is 1.56. The molecular formula is C10H10N4O4. The van der Waals surface area contributed by atoms with Crippen LogP contribution in [0.2, 0.25) is 0 Å². The number of nitrogens with one attached hydrogen (secondary N) is 1. The Morgan fingerprint density at radius 2 is 2.06 bits per heavy atom. The van der Waals surface area contributed by atoms with Crippen molar-refractivity contribution in [1.82, 2.24) is 19.5 Å². The number of hydrogen-bond acceptors (Lipinski definition) is 5. The molecule has 8 nitrogen and oxygen atoms in total. The van der Waals surface area contributed by atoms with Crippen molar-refractivity contribution in [1.29, 1.82) is 0 Å². The van der Waals surface area contributed by atoms with Crippen LogP contribution in [0.15, 0.2) is 9.59 Å². The third-order valence-electron chi connectivity index (χ3n) is 2.46. The average Bonchev–Trinajstić information content (AvgIpc) is 2.24. The van der Waals surface area contributed by atoms with E-state index in [1.165, 1.54) is 7.05 Å². The van der Waals surface area contributed by atoms with E-state index in [0.717, 1.165) is 4.57 Å². The number of fused-ring (bicyclic) bond motifs is 1. The van der Waals surface area contributed by atoms with E-state index in [1.807, 2.05) is 0 Å². The van der Waals surface area contributed by atoms with Crippen molar-refractivity contribution >= 4 is 17.0 Å². The van der Waals surface area contributed by atoms with Gasteiger partial charge in [0.2, 0.25) is 0 Å². The number of aliphatic carboxylic acids is 1. The van der Waals surface area contributed by atoms with Crippen molar-refractivity contribution < 1.29 is 9.90 Å². The number of carbonyl (C=O) groups is 1. The lowest BCUT2D eigenvalue weighted by molar-refractivity contribution is -0.136. The molecule has 0 radical (unpaired) electrons. The SMILES string of the molecule is Cc1nc(CC(=O)O)c2c(=O)n(C)c(=O)[nH]c2n1. The van der Waals surface area contributed by atoms with E-state index in [4.69, 9.17) is 5.11 Å². The fourth-order valence-electron chi connectivity index (χ4n) is 1.66. The van der Waals surface area contributed by atoms with E-state index in [9.17, 15) is 14.4 Å². The minimum absolute atomic E-state index is 0.0325. The maximum Gasteiger partial charge on any atom is 0.329 e. The van der Waals surface area contributed by atoms with Gasteiger partial charge in [-0.25, -0.2) is 14.8 Å². The molecule has 0 spiro atoms. The summed E-state index contributed by atoms with van der Waals surface area (Å²) in [4.78, 5) is 44.4. The molecule has 0 amide bonds. The van der Waals surface area contributed by atoms with Crippen LogP contribution in [0, 0.1) is 6.92 Å². The van der Waals surface area contributed by atoms with Crippen LogP contribution in [0.3, 0.4) is 0 Å². The van der Waals surface area contributed by atoms with Gasteiger partial charge in [-0.05, 0) is 6.92 Å². The fourth-order valence-corrected chi connectivity index (χ4v) is 1.66. The van der Waals surface area contributed by atoms with Gasteiger partial charge in [0.1, 0.15) is 11.2 Å². The number of hydrogen-bond donors (Lipinski definition) is 2. The van der Waals surface area contributed by atoms with Gasteiger partial charge in [0.15, 0.2) is 5.65 Å². The lowest BCUT2D eigenvalue weighted by Gasteiger charge is -2.05. The molecule has 0 aliphatic rings. The molecule has 94 valence electrons. The molecule has 0 atom stereocenters. The van der Waals surface area contributed by atoms with Gasteiger partial charge in [0.05, 0.1) is 12.1 Å². The Bertz CT molecular complexity index is 759. The van der Waals surface area contributed by atoms with Crippen LogP contribution in [0.25, 0.3) is 11.0 Å². The van der Waals surface area contributed by atoms with Crippen LogP contribution in [0.4, 0.5) is 0 Å². The van der Waals surface area contributed by atoms with Crippen molar-refractivity contribution in [2.24, 2.45) is 7.05 Å². The highest BCUT2D eigenvalue weighted by molar-refractivity contribution is 5.81. The molecule has 2 rings (SSSR count). The zero-order valence-corrected chi connectivity index (χ0v) is 9.72. The van der Waals surface area contributed by atoms with Gasteiger partial charge in [-0.3, -0.25) is 19.1 Å². The molecule has 0 saturated carbocycles. The largest absolute Gasteiger partial charge is 0.481 e. The summed E-state index contributed by atoms with van der Waals surface area (Å²) < 4.78 is 0.854. The lowest BCUT2D eigenvalue weighted by atomic mass is 10.2. The Kier molecular flexibility index (Phi) is 2.70. The highest BCUT2D eigenvalue weighted by Crippen LogP contribution is 2.08. The molecule has 2 N–H and O–H groups in total. The Labute approximate surface area is 99.9 Å². The van der Waals surface area contributed by atoms with E-state index >= 15 is 0 Å². The van der Waals surface area contributed by atoms with Crippen LogP contribution in [0.5, 0.6) is 0 Å². The Hall–Kier alpha value is -2.51. The number of nitrogens with zero attached hydrogens (tertiary/aromatic N) is 3. The van der Waals surface area contributed by atoms with E-state index < -0.39 is 23.6 Å². The first-order valence-corrected chi connectivity index (χ1v) is 5.08. The van der Waals surface area contributed by atoms with Crippen molar-refractivity contribution in [3.63, 3.8) is 0 Å². The monoisotopic (exact) mass is 250 g/mol. The Morgan fingerprint density at radius 3 is 2.67 bits per heavy atom. The molecule has 8 heteroatoms. The van der Waals surface area contributed by atoms with Crippen molar-refractivity contribution in [3.05, 3.63) is 32.4 Å². The van der Waals surface area contributed by atoms with E-state index in [1.54, 1.807) is 6.92 Å². The number of rotatable bonds is 2. The van der Waals surface area contributed by atoms with E-state index in [2.05, 4.69) is 15.0 Å². The van der Waals surface area contributed by atoms with Gasteiger partial charge >= 0.3 is 11.7 Å². The highest BCUT2D eigenvalue weighted by atomic mass is 16.4. The average molecular weight is 250 g/mol. The van der Waals surface area contributed by atoms with E-state index in [-0.39, 0.29) is 16.7 Å². The molecule has 0 aromatic carbocycles. The van der Waals surface area contributed by atoms with E-state index in [0.29, 0.717) is 5.82 Å². The molecule has 2 aromatic heterocycles. The summed E-state index contributed by atoms with van der Waals surface area (Å²) >= 11 is 0. The van der Waals surface area contributed by atoms with Crippen LogP contribution in [0.1, 0.15) is 11.5 Å². The predicted molar refractivity (Wildman–Crippen MR) is 61.5 cm³/mol. The maximum atomic E-state index is 11.9. The normalized spacial score (nSPS) is 10.8. The second-order valence-electron chi connectivity index (χ2n) is 3.81. The summed E-state index contributed by atoms with van der Waals surface area (Å²) in [7, 11) is 1.30. The van der Waals surface area contributed by atoms with Gasteiger partial charge < -0.3 is 5.11 Å². The molecular weight excluding hydrogens is 240 g/mol. The molecule has 0 unspecified atom stereocenters. The Balaban J connectivity index is 2.94. The van der Waals surface area contributed by atoms with Crippen LogP contribution in [-0.2, 0) is 18.3 Å². The lowest BCUT2D eigenvalue weighted by Crippen LogP contribution is -2.33. The number of aromatic amines is 1. The molecule has 0 bridgehead atoms. The number of carboxylic acid groups (broad SMARTS) is 1. The van der Waals surface area contributed by atoms with Crippen molar-refractivity contribution in [2.75, 3.05) is 0 Å². The zero-order chi connectivity index (χ0) is 13.4. The first-order chi connectivity index (χ1) is 8.40. The van der Waals surface area contributed by atoms with Crippen LogP contribution >= 0.6 is 0 Å². The summed E-state index contributed by atoms with van der Waals surface area (Å²) in [5.41, 5.74) is -1.05. The molecule has 18 heavy (non-hydrogen) atoms. The van der Waals surface area contributed by atoms with Gasteiger partial charge in [-0.15, -0.1) is 0 Å². The number of H-pyrrole nitrogens is 1. The second-order valence-corrected chi connectivity index (χ2v) is 3.81. The summed E-state index contributed by atoms with van der Waals surface area (Å²) in [5.74, 6) is -0.815. The third kappa shape index (κ3) is 1.88. The van der Waals surface area contributed by atoms with Crippen LogP contribution < -0.4 is 11.2 Å². The predicted octanol–water partition coefficient (Wildman–Crippen LogP) is -1.05. The molecule has 2 heterocycles. The minimum Gasteiger partial charge on any atom is -0.481 e. The highest BCUT2D eigenvalue weighted by Gasteiger charge is 2.15. The summed E-state index contributed by atoms with van der Waals surface area (Å²) in [6.07, 6.45) is -0.402. The van der Waals surface area contributed by atoms with Gasteiger partial charge in [-0.1, -0.05) is 0 Å². The van der Waals surface area contributed by atoms with Crippen molar-refractivity contribution in [2.45, 2.75) is 13.3 Å². The number of carboxylic acids is 1. The molecule has 0 aliphatic carbocycles. The van der Waals surface area contributed by atoms with Gasteiger partial charge in [0.25, 0.3) is 5.56 Å². The maximum absolute atomic E-state index is 11.9. The second kappa shape index (κ2) is 4.06. The number of aryl methyl sites for hydroxylation is 1. The van der Waals surface area contributed by atoms with Crippen molar-refractivity contribution in [3.8, 4) is 0 Å². The molecule has 0 aliphatic heterocycles. The first-order valence-electron chi connectivity index (χ1n) is 5.08. The topological polar surface area (TPSA) is 118 Å². The number of aromatic nitrogens is 4. The Morgan fingerprint density at radius 1 is 1.39 bits per heavy atom. The molecule has 2 aromatic rings. The van der Waals surface area contributed by atoms with Crippen LogP contribution in [-0.4, -0.2) is 30.6 Å². The quantitative estimate of drug-likeness (QED) is 0.702. The molecule has 0 fully saturated rings. The van der Waals surface area contributed by atoms with Gasteiger partial charge in [-0.2, -0.15) is 0 Å². The van der Waals surface area contributed by atoms with Gasteiger partial charge in [0, 0.05) is 7.05 Å². The third-order valence-corrected chi connectivity index (χ3v) is 2.46. The summed E-state index contributed by atoms with van der Waals surface area (Å²) in [6, 6.07) is 0. The first kappa shape index (κ1) is 12.0. The standard InChI is InChI=1S/C10H10N4O4/c1-4-11-5(3-6(15)16)7-8(12-4)13-10(18)14(2)9(7)17/h3H2,1-2H3,(H,15,16)(H,11,12,13,18). The summed E-state index contributed by atoms with van der Waals surface area (Å²) in [5, 5.41) is 8.82.